The molecular weight excluding hydrogens is 360 g/mol. The standard InChI is InChI=1S/C19H22N6OS/c1-25(2)16-10-8-14(9-11-16)12-20-22-18-21-19(24-23-18)27-13-15-6-4-5-7-17(15)26-3/h4-12H,13H2,1-3H3,(H2,21,22,23,24)/b20-12-. The fraction of sp³-hybridized carbons (Fsp3) is 0.211. The second-order valence-electron chi connectivity index (χ2n) is 5.92. The van der Waals surface area contributed by atoms with Gasteiger partial charge in [-0.3, -0.25) is 0 Å². The third kappa shape index (κ3) is 5.24. The summed E-state index contributed by atoms with van der Waals surface area (Å²) in [4.78, 5) is 6.43. The Hall–Kier alpha value is -3.00. The first-order valence-electron chi connectivity index (χ1n) is 8.39. The lowest BCUT2D eigenvalue weighted by atomic mass is 10.2. The van der Waals surface area contributed by atoms with Gasteiger partial charge < -0.3 is 9.64 Å². The lowest BCUT2D eigenvalue weighted by Gasteiger charge is -2.11. The van der Waals surface area contributed by atoms with Crippen LogP contribution in [0.1, 0.15) is 11.1 Å². The molecule has 0 spiro atoms. The van der Waals surface area contributed by atoms with Crippen LogP contribution in [0.3, 0.4) is 0 Å². The molecule has 0 aliphatic heterocycles. The van der Waals surface area contributed by atoms with E-state index in [1.54, 1.807) is 13.3 Å². The number of methoxy groups -OCH3 is 1. The van der Waals surface area contributed by atoms with Gasteiger partial charge in [0.15, 0.2) is 0 Å². The molecule has 0 aliphatic carbocycles. The van der Waals surface area contributed by atoms with Crippen LogP contribution in [0.2, 0.25) is 0 Å². The van der Waals surface area contributed by atoms with E-state index in [1.165, 1.54) is 11.8 Å². The van der Waals surface area contributed by atoms with E-state index in [2.05, 4.69) is 30.6 Å². The molecule has 3 rings (SSSR count). The molecule has 1 heterocycles. The van der Waals surface area contributed by atoms with E-state index in [0.29, 0.717) is 11.1 Å². The molecule has 0 saturated carbocycles. The predicted molar refractivity (Wildman–Crippen MR) is 111 cm³/mol. The topological polar surface area (TPSA) is 78.4 Å². The smallest absolute Gasteiger partial charge is 0.240 e. The Kier molecular flexibility index (Phi) is 6.32. The number of hydrazone groups is 1. The summed E-state index contributed by atoms with van der Waals surface area (Å²) in [6.45, 7) is 0. The third-order valence-corrected chi connectivity index (χ3v) is 4.70. The third-order valence-electron chi connectivity index (χ3n) is 3.81. The van der Waals surface area contributed by atoms with E-state index in [0.717, 1.165) is 28.3 Å². The average molecular weight is 382 g/mol. The average Bonchev–Trinajstić information content (AvgIpc) is 3.14. The molecule has 0 aliphatic rings. The highest BCUT2D eigenvalue weighted by molar-refractivity contribution is 7.98. The summed E-state index contributed by atoms with van der Waals surface area (Å²) in [6.07, 6.45) is 1.74. The number of aromatic nitrogens is 3. The van der Waals surface area contributed by atoms with Gasteiger partial charge in [-0.1, -0.05) is 42.1 Å². The number of nitrogens with one attached hydrogen (secondary N) is 2. The summed E-state index contributed by atoms with van der Waals surface area (Å²) >= 11 is 1.53. The Balaban J connectivity index is 1.53. The molecule has 140 valence electrons. The zero-order chi connectivity index (χ0) is 19.1. The second-order valence-corrected chi connectivity index (χ2v) is 6.87. The van der Waals surface area contributed by atoms with Crippen LogP contribution in [0.5, 0.6) is 5.75 Å². The predicted octanol–water partition coefficient (Wildman–Crippen LogP) is 3.62. The molecule has 7 nitrogen and oxygen atoms in total. The van der Waals surface area contributed by atoms with Gasteiger partial charge >= 0.3 is 0 Å². The van der Waals surface area contributed by atoms with Crippen molar-refractivity contribution in [2.75, 3.05) is 31.5 Å². The van der Waals surface area contributed by atoms with E-state index in [1.807, 2.05) is 62.6 Å². The van der Waals surface area contributed by atoms with E-state index < -0.39 is 0 Å². The number of hydrogen-bond acceptors (Lipinski definition) is 7. The van der Waals surface area contributed by atoms with Crippen molar-refractivity contribution in [1.82, 2.24) is 15.2 Å². The first-order valence-corrected chi connectivity index (χ1v) is 9.38. The number of H-pyrrole nitrogens is 1. The number of rotatable bonds is 8. The largest absolute Gasteiger partial charge is 0.496 e. The van der Waals surface area contributed by atoms with Crippen molar-refractivity contribution >= 4 is 29.6 Å². The van der Waals surface area contributed by atoms with Crippen molar-refractivity contribution in [3.8, 4) is 5.75 Å². The lowest BCUT2D eigenvalue weighted by Crippen LogP contribution is -2.08. The monoisotopic (exact) mass is 382 g/mol. The molecule has 0 atom stereocenters. The van der Waals surface area contributed by atoms with Gasteiger partial charge in [0.25, 0.3) is 0 Å². The number of ether oxygens (including phenoxy) is 1. The van der Waals surface area contributed by atoms with Gasteiger partial charge in [0.05, 0.1) is 13.3 Å². The van der Waals surface area contributed by atoms with Gasteiger partial charge in [0, 0.05) is 31.1 Å². The molecule has 0 fully saturated rings. The van der Waals surface area contributed by atoms with Crippen molar-refractivity contribution in [2.24, 2.45) is 5.10 Å². The Bertz CT molecular complexity index is 891. The Labute approximate surface area is 162 Å². The van der Waals surface area contributed by atoms with Crippen LogP contribution in [-0.4, -0.2) is 42.6 Å². The van der Waals surface area contributed by atoms with E-state index in [-0.39, 0.29) is 0 Å². The maximum atomic E-state index is 5.36. The Morgan fingerprint density at radius 3 is 2.70 bits per heavy atom. The van der Waals surface area contributed by atoms with Gasteiger partial charge in [-0.05, 0) is 23.8 Å². The van der Waals surface area contributed by atoms with Crippen molar-refractivity contribution in [3.05, 3.63) is 59.7 Å². The minimum atomic E-state index is 0.499. The molecule has 0 saturated heterocycles. The molecule has 0 bridgehead atoms. The first-order chi connectivity index (χ1) is 13.2. The number of aromatic amines is 1. The van der Waals surface area contributed by atoms with Gasteiger partial charge in [-0.2, -0.15) is 10.1 Å². The van der Waals surface area contributed by atoms with Crippen LogP contribution in [0.15, 0.2) is 58.8 Å². The Morgan fingerprint density at radius 2 is 1.96 bits per heavy atom. The van der Waals surface area contributed by atoms with Gasteiger partial charge in [-0.25, -0.2) is 10.5 Å². The van der Waals surface area contributed by atoms with Gasteiger partial charge in [0.2, 0.25) is 11.1 Å². The van der Waals surface area contributed by atoms with Crippen molar-refractivity contribution in [1.29, 1.82) is 0 Å². The maximum absolute atomic E-state index is 5.36. The summed E-state index contributed by atoms with van der Waals surface area (Å²) in [6, 6.07) is 16.0. The highest BCUT2D eigenvalue weighted by Crippen LogP contribution is 2.26. The van der Waals surface area contributed by atoms with Crippen LogP contribution in [-0.2, 0) is 5.75 Å². The normalized spacial score (nSPS) is 10.9. The zero-order valence-corrected chi connectivity index (χ0v) is 16.3. The fourth-order valence-electron chi connectivity index (χ4n) is 2.35. The molecule has 0 radical (unpaired) electrons. The summed E-state index contributed by atoms with van der Waals surface area (Å²) in [5, 5.41) is 11.9. The zero-order valence-electron chi connectivity index (χ0n) is 15.5. The fourth-order valence-corrected chi connectivity index (χ4v) is 3.14. The quantitative estimate of drug-likeness (QED) is 0.352. The van der Waals surface area contributed by atoms with Crippen molar-refractivity contribution in [2.45, 2.75) is 10.9 Å². The number of anilines is 2. The molecule has 2 aromatic carbocycles. The molecule has 27 heavy (non-hydrogen) atoms. The van der Waals surface area contributed by atoms with Crippen molar-refractivity contribution < 1.29 is 4.74 Å². The minimum absolute atomic E-state index is 0.499. The van der Waals surface area contributed by atoms with Gasteiger partial charge in [0.1, 0.15) is 5.75 Å². The summed E-state index contributed by atoms with van der Waals surface area (Å²) in [7, 11) is 5.69. The summed E-state index contributed by atoms with van der Waals surface area (Å²) in [5.74, 6) is 2.09. The minimum Gasteiger partial charge on any atom is -0.496 e. The van der Waals surface area contributed by atoms with Crippen LogP contribution in [0.4, 0.5) is 11.6 Å². The van der Waals surface area contributed by atoms with E-state index in [9.17, 15) is 0 Å². The van der Waals surface area contributed by atoms with Gasteiger partial charge in [-0.15, -0.1) is 5.10 Å². The SMILES string of the molecule is COc1ccccc1CSc1n[nH]c(N/N=C\c2ccc(N(C)C)cc2)n1. The Morgan fingerprint density at radius 1 is 1.19 bits per heavy atom. The molecule has 0 amide bonds. The summed E-state index contributed by atoms with van der Waals surface area (Å²) < 4.78 is 5.36. The first kappa shape index (κ1) is 18.8. The van der Waals surface area contributed by atoms with E-state index >= 15 is 0 Å². The summed E-state index contributed by atoms with van der Waals surface area (Å²) in [5.41, 5.74) is 6.11. The van der Waals surface area contributed by atoms with Crippen LogP contribution >= 0.6 is 11.8 Å². The molecule has 8 heteroatoms. The van der Waals surface area contributed by atoms with Crippen molar-refractivity contribution in [3.63, 3.8) is 0 Å². The highest BCUT2D eigenvalue weighted by atomic mass is 32.2. The maximum Gasteiger partial charge on any atom is 0.240 e. The number of benzene rings is 2. The number of hydrogen-bond donors (Lipinski definition) is 2. The molecular formula is C19H22N6OS. The molecule has 0 unspecified atom stereocenters. The van der Waals surface area contributed by atoms with Crippen LogP contribution < -0.4 is 15.1 Å². The van der Waals surface area contributed by atoms with Crippen LogP contribution in [0.25, 0.3) is 0 Å². The lowest BCUT2D eigenvalue weighted by molar-refractivity contribution is 0.411. The van der Waals surface area contributed by atoms with Crippen LogP contribution in [0, 0.1) is 0 Å². The number of nitrogens with zero attached hydrogens (tertiary/aromatic N) is 4. The highest BCUT2D eigenvalue weighted by Gasteiger charge is 2.06. The van der Waals surface area contributed by atoms with E-state index in [4.69, 9.17) is 4.74 Å². The molecule has 1 aromatic heterocycles. The second kappa shape index (κ2) is 9.09. The molecule has 2 N–H and O–H groups in total. The number of thioether (sulfide) groups is 1. The molecule has 3 aromatic rings. The number of para-hydroxylation sites is 1.